The molecule has 0 radical (unpaired) electrons. The molecule has 1 aliphatic heterocycles. The predicted octanol–water partition coefficient (Wildman–Crippen LogP) is 3.57. The van der Waals surface area contributed by atoms with Crippen molar-refractivity contribution < 1.29 is 14.3 Å². The molecule has 2 amide bonds. The van der Waals surface area contributed by atoms with Gasteiger partial charge in [-0.05, 0) is 30.3 Å². The third kappa shape index (κ3) is 3.84. The second-order valence-electron chi connectivity index (χ2n) is 6.39. The van der Waals surface area contributed by atoms with E-state index < -0.39 is 6.23 Å². The molecular formula is C22H18N4O3. The van der Waals surface area contributed by atoms with E-state index in [1.54, 1.807) is 67.0 Å². The fourth-order valence-electron chi connectivity index (χ4n) is 2.99. The Morgan fingerprint density at radius 3 is 2.48 bits per heavy atom. The van der Waals surface area contributed by atoms with Crippen molar-refractivity contribution in [1.82, 2.24) is 9.99 Å². The molecule has 0 spiro atoms. The number of rotatable bonds is 4. The van der Waals surface area contributed by atoms with Crippen LogP contribution in [0.4, 0.5) is 5.69 Å². The minimum Gasteiger partial charge on any atom is -0.446 e. The molecule has 0 saturated carbocycles. The predicted molar refractivity (Wildman–Crippen MR) is 108 cm³/mol. The Balaban J connectivity index is 1.64. The molecule has 7 heteroatoms. The van der Waals surface area contributed by atoms with Crippen LogP contribution in [0.25, 0.3) is 0 Å². The SMILES string of the molecule is CC(=O)N1N=C(c2cccnc2)O[C@H]1c1ccccc1NC(=O)c1ccccc1. The van der Waals surface area contributed by atoms with Gasteiger partial charge in [0.25, 0.3) is 5.91 Å². The van der Waals surface area contributed by atoms with Crippen LogP contribution in [0.5, 0.6) is 0 Å². The fraction of sp³-hybridized carbons (Fsp3) is 0.0909. The lowest BCUT2D eigenvalue weighted by molar-refractivity contribution is -0.135. The van der Waals surface area contributed by atoms with Gasteiger partial charge in [0.1, 0.15) is 0 Å². The zero-order valence-corrected chi connectivity index (χ0v) is 15.6. The average molecular weight is 386 g/mol. The molecule has 0 unspecified atom stereocenters. The smallest absolute Gasteiger partial charge is 0.255 e. The van der Waals surface area contributed by atoms with Crippen LogP contribution >= 0.6 is 0 Å². The highest BCUT2D eigenvalue weighted by molar-refractivity contribution is 6.04. The number of anilines is 1. The highest BCUT2D eigenvalue weighted by Crippen LogP contribution is 2.34. The first-order valence-electron chi connectivity index (χ1n) is 9.04. The molecule has 1 aromatic heterocycles. The van der Waals surface area contributed by atoms with Crippen molar-refractivity contribution in [3.8, 4) is 0 Å². The van der Waals surface area contributed by atoms with Crippen LogP contribution in [0.3, 0.4) is 0 Å². The lowest BCUT2D eigenvalue weighted by Gasteiger charge is -2.22. The minimum atomic E-state index is -0.796. The van der Waals surface area contributed by atoms with Crippen molar-refractivity contribution in [3.05, 3.63) is 95.8 Å². The van der Waals surface area contributed by atoms with Gasteiger partial charge in [0, 0.05) is 36.1 Å². The molecular weight excluding hydrogens is 368 g/mol. The molecule has 0 saturated heterocycles. The molecule has 4 rings (SSSR count). The van der Waals surface area contributed by atoms with E-state index in [-0.39, 0.29) is 11.8 Å². The summed E-state index contributed by atoms with van der Waals surface area (Å²) in [6, 6.07) is 19.7. The summed E-state index contributed by atoms with van der Waals surface area (Å²) in [6.45, 7) is 1.41. The Kier molecular flexibility index (Phi) is 5.03. The van der Waals surface area contributed by atoms with Gasteiger partial charge in [0.2, 0.25) is 18.0 Å². The van der Waals surface area contributed by atoms with Gasteiger partial charge in [-0.25, -0.2) is 0 Å². The zero-order chi connectivity index (χ0) is 20.2. The van der Waals surface area contributed by atoms with Crippen molar-refractivity contribution >= 4 is 23.4 Å². The number of hydrogen-bond donors (Lipinski definition) is 1. The van der Waals surface area contributed by atoms with Gasteiger partial charge in [-0.3, -0.25) is 14.6 Å². The van der Waals surface area contributed by atoms with Gasteiger partial charge < -0.3 is 10.1 Å². The second-order valence-corrected chi connectivity index (χ2v) is 6.39. The molecule has 2 aromatic carbocycles. The normalized spacial score (nSPS) is 15.4. The van der Waals surface area contributed by atoms with Gasteiger partial charge in [-0.2, -0.15) is 5.01 Å². The second kappa shape index (κ2) is 7.93. The number of hydrogen-bond acceptors (Lipinski definition) is 5. The molecule has 2 heterocycles. The average Bonchev–Trinajstić information content (AvgIpc) is 3.21. The Bertz CT molecular complexity index is 1070. The number of amides is 2. The molecule has 144 valence electrons. The van der Waals surface area contributed by atoms with E-state index in [0.717, 1.165) is 0 Å². The van der Waals surface area contributed by atoms with E-state index in [1.807, 2.05) is 12.1 Å². The molecule has 1 N–H and O–H groups in total. The number of pyridine rings is 1. The van der Waals surface area contributed by atoms with E-state index >= 15 is 0 Å². The van der Waals surface area contributed by atoms with Crippen LogP contribution in [-0.4, -0.2) is 27.7 Å². The summed E-state index contributed by atoms with van der Waals surface area (Å²) in [5.41, 5.74) is 2.35. The molecule has 1 atom stereocenters. The Morgan fingerprint density at radius 1 is 1.00 bits per heavy atom. The molecule has 0 fully saturated rings. The molecule has 0 aliphatic carbocycles. The number of hydrazone groups is 1. The van der Waals surface area contributed by atoms with Crippen LogP contribution in [-0.2, 0) is 9.53 Å². The van der Waals surface area contributed by atoms with Gasteiger partial charge >= 0.3 is 0 Å². The number of carbonyl (C=O) groups excluding carboxylic acids is 2. The molecule has 3 aromatic rings. The number of nitrogens with one attached hydrogen (secondary N) is 1. The summed E-state index contributed by atoms with van der Waals surface area (Å²) < 4.78 is 6.00. The lowest BCUT2D eigenvalue weighted by atomic mass is 10.1. The number of carbonyl (C=O) groups is 2. The maximum atomic E-state index is 12.6. The first kappa shape index (κ1) is 18.4. The van der Waals surface area contributed by atoms with Gasteiger partial charge in [-0.1, -0.05) is 36.4 Å². The van der Waals surface area contributed by atoms with Crippen molar-refractivity contribution in [2.45, 2.75) is 13.2 Å². The number of nitrogens with zero attached hydrogens (tertiary/aromatic N) is 3. The third-order valence-electron chi connectivity index (χ3n) is 4.39. The molecule has 29 heavy (non-hydrogen) atoms. The van der Waals surface area contributed by atoms with Gasteiger partial charge in [-0.15, -0.1) is 5.10 Å². The van der Waals surface area contributed by atoms with E-state index in [4.69, 9.17) is 4.74 Å². The van der Waals surface area contributed by atoms with Gasteiger partial charge in [0.15, 0.2) is 0 Å². The molecule has 1 aliphatic rings. The van der Waals surface area contributed by atoms with Crippen LogP contribution in [0, 0.1) is 0 Å². The lowest BCUT2D eigenvalue weighted by Crippen LogP contribution is -2.26. The largest absolute Gasteiger partial charge is 0.446 e. The van der Waals surface area contributed by atoms with E-state index in [9.17, 15) is 9.59 Å². The Morgan fingerprint density at radius 2 is 1.76 bits per heavy atom. The van der Waals surface area contributed by atoms with E-state index in [1.165, 1.54) is 11.9 Å². The summed E-state index contributed by atoms with van der Waals surface area (Å²) in [5, 5.41) is 8.48. The number of ether oxygens (including phenoxy) is 1. The minimum absolute atomic E-state index is 0.251. The van der Waals surface area contributed by atoms with Crippen molar-refractivity contribution in [2.75, 3.05) is 5.32 Å². The summed E-state index contributed by atoms with van der Waals surface area (Å²) in [7, 11) is 0. The topological polar surface area (TPSA) is 83.9 Å². The number of aromatic nitrogens is 1. The Labute approximate surface area is 167 Å². The van der Waals surface area contributed by atoms with Crippen LogP contribution < -0.4 is 5.32 Å². The third-order valence-corrected chi connectivity index (χ3v) is 4.39. The quantitative estimate of drug-likeness (QED) is 0.743. The summed E-state index contributed by atoms with van der Waals surface area (Å²) in [4.78, 5) is 28.9. The highest BCUT2D eigenvalue weighted by atomic mass is 16.5. The molecule has 7 nitrogen and oxygen atoms in total. The summed E-state index contributed by atoms with van der Waals surface area (Å²) in [6.07, 6.45) is 2.46. The first-order valence-corrected chi connectivity index (χ1v) is 9.04. The van der Waals surface area contributed by atoms with Crippen molar-refractivity contribution in [1.29, 1.82) is 0 Å². The Hall–Kier alpha value is -4.00. The maximum Gasteiger partial charge on any atom is 0.255 e. The summed E-state index contributed by atoms with van der Waals surface area (Å²) in [5.74, 6) is -0.237. The number of benzene rings is 2. The van der Waals surface area contributed by atoms with Crippen LogP contribution in [0.2, 0.25) is 0 Å². The van der Waals surface area contributed by atoms with E-state index in [0.29, 0.717) is 28.3 Å². The monoisotopic (exact) mass is 386 g/mol. The fourth-order valence-corrected chi connectivity index (χ4v) is 2.99. The number of para-hydroxylation sites is 1. The van der Waals surface area contributed by atoms with Crippen LogP contribution in [0.15, 0.2) is 84.2 Å². The molecule has 0 bridgehead atoms. The highest BCUT2D eigenvalue weighted by Gasteiger charge is 2.34. The standard InChI is InChI=1S/C22H18N4O3/c1-15(27)26-22(29-21(25-26)17-10-7-13-23-14-17)18-11-5-6-12-19(18)24-20(28)16-8-3-2-4-9-16/h2-14,22H,1H3,(H,24,28)/t22-/m0/s1. The maximum absolute atomic E-state index is 12.6. The zero-order valence-electron chi connectivity index (χ0n) is 15.6. The van der Waals surface area contributed by atoms with E-state index in [2.05, 4.69) is 15.4 Å². The summed E-state index contributed by atoms with van der Waals surface area (Å²) >= 11 is 0. The van der Waals surface area contributed by atoms with Crippen molar-refractivity contribution in [3.63, 3.8) is 0 Å². The van der Waals surface area contributed by atoms with Crippen LogP contribution in [0.1, 0.15) is 34.6 Å². The van der Waals surface area contributed by atoms with Gasteiger partial charge in [0.05, 0.1) is 5.56 Å². The van der Waals surface area contributed by atoms with Crippen molar-refractivity contribution in [2.24, 2.45) is 5.10 Å². The first-order chi connectivity index (χ1) is 14.1.